The number of benzene rings is 2. The van der Waals surface area contributed by atoms with Crippen LogP contribution in [0.2, 0.25) is 0 Å². The maximum atomic E-state index is 12.4. The molecule has 34 heavy (non-hydrogen) atoms. The van der Waals surface area contributed by atoms with E-state index in [1.807, 2.05) is 49.0 Å². The maximum absolute atomic E-state index is 12.4. The van der Waals surface area contributed by atoms with Crippen molar-refractivity contribution in [2.24, 2.45) is 7.05 Å². The van der Waals surface area contributed by atoms with Gasteiger partial charge in [-0.3, -0.25) is 9.48 Å². The summed E-state index contributed by atoms with van der Waals surface area (Å²) in [5.74, 6) is 1.73. The number of hydrogen-bond donors (Lipinski definition) is 1. The lowest BCUT2D eigenvalue weighted by Gasteiger charge is -2.08. The second-order valence-electron chi connectivity index (χ2n) is 7.89. The van der Waals surface area contributed by atoms with Gasteiger partial charge in [0.05, 0.1) is 18.4 Å². The van der Waals surface area contributed by atoms with Crippen LogP contribution in [0.3, 0.4) is 0 Å². The first-order chi connectivity index (χ1) is 16.5. The summed E-state index contributed by atoms with van der Waals surface area (Å²) in [6.45, 7) is 5.25. The Bertz CT molecular complexity index is 1260. The number of aromatic nitrogens is 5. The number of methoxy groups -OCH3 is 1. The first kappa shape index (κ1) is 23.6. The number of carbonyl (C=O) groups is 1. The molecule has 1 amide bonds. The highest BCUT2D eigenvalue weighted by molar-refractivity contribution is 7.99. The molecule has 0 aliphatic carbocycles. The molecule has 0 atom stereocenters. The molecule has 4 aromatic rings. The molecule has 9 heteroatoms. The lowest BCUT2D eigenvalue weighted by molar-refractivity contribution is -0.118. The number of carbonyl (C=O) groups excluding carboxylic acids is 1. The van der Waals surface area contributed by atoms with Crippen LogP contribution in [0, 0.1) is 6.92 Å². The molecule has 0 aliphatic rings. The smallest absolute Gasteiger partial charge is 0.230 e. The minimum atomic E-state index is -0.0604. The van der Waals surface area contributed by atoms with E-state index in [1.165, 1.54) is 17.3 Å². The minimum absolute atomic E-state index is 0.0604. The number of thioether (sulfide) groups is 1. The van der Waals surface area contributed by atoms with Gasteiger partial charge in [-0.1, -0.05) is 53.7 Å². The molecule has 0 fully saturated rings. The van der Waals surface area contributed by atoms with Crippen LogP contribution in [0.25, 0.3) is 22.6 Å². The third-order valence-corrected chi connectivity index (χ3v) is 6.38. The zero-order chi connectivity index (χ0) is 24.1. The molecule has 0 radical (unpaired) electrons. The van der Waals surface area contributed by atoms with E-state index in [0.717, 1.165) is 34.0 Å². The summed E-state index contributed by atoms with van der Waals surface area (Å²) in [6, 6.07) is 15.9. The van der Waals surface area contributed by atoms with Crippen molar-refractivity contribution < 1.29 is 9.53 Å². The average molecular weight is 477 g/mol. The summed E-state index contributed by atoms with van der Waals surface area (Å²) >= 11 is 1.38. The lowest BCUT2D eigenvalue weighted by atomic mass is 10.1. The molecule has 2 aromatic heterocycles. The Balaban J connectivity index is 1.46. The van der Waals surface area contributed by atoms with Gasteiger partial charge in [0.1, 0.15) is 11.4 Å². The van der Waals surface area contributed by atoms with E-state index in [9.17, 15) is 4.79 Å². The monoisotopic (exact) mass is 476 g/mol. The lowest BCUT2D eigenvalue weighted by Crippen LogP contribution is -2.24. The zero-order valence-electron chi connectivity index (χ0n) is 19.8. The predicted molar refractivity (Wildman–Crippen MR) is 134 cm³/mol. The Morgan fingerprint density at radius 1 is 1.09 bits per heavy atom. The molecule has 0 saturated carbocycles. The van der Waals surface area contributed by atoms with E-state index in [1.54, 1.807) is 11.8 Å². The number of hydrogen-bond acceptors (Lipinski definition) is 6. The molecular formula is C25H28N6O2S. The van der Waals surface area contributed by atoms with Gasteiger partial charge in [-0.05, 0) is 31.5 Å². The summed E-state index contributed by atoms with van der Waals surface area (Å²) < 4.78 is 8.98. The third kappa shape index (κ3) is 5.31. The van der Waals surface area contributed by atoms with Crippen molar-refractivity contribution in [3.63, 3.8) is 0 Å². The van der Waals surface area contributed by atoms with Crippen molar-refractivity contribution in [3.8, 4) is 28.4 Å². The van der Waals surface area contributed by atoms with Crippen molar-refractivity contribution in [1.29, 1.82) is 0 Å². The van der Waals surface area contributed by atoms with Crippen molar-refractivity contribution in [3.05, 3.63) is 65.9 Å². The van der Waals surface area contributed by atoms with Crippen LogP contribution in [0.4, 0.5) is 0 Å². The number of nitrogens with zero attached hydrogens (tertiary/aromatic N) is 5. The van der Waals surface area contributed by atoms with Crippen LogP contribution in [0.1, 0.15) is 18.1 Å². The molecule has 0 saturated heterocycles. The van der Waals surface area contributed by atoms with E-state index in [4.69, 9.17) is 4.74 Å². The van der Waals surface area contributed by atoms with Gasteiger partial charge in [0.2, 0.25) is 5.91 Å². The summed E-state index contributed by atoms with van der Waals surface area (Å²) in [5.41, 5.74) is 5.01. The Hall–Kier alpha value is -3.59. The standard InChI is InChI=1S/C25H28N6O2S/c1-5-31-24(21-15-30(3)29-23(21)19-10-6-17(2)7-11-19)27-28-25(31)34-16-22(32)26-14-18-8-12-20(33-4)13-9-18/h6-13,15H,5,14,16H2,1-4H3,(H,26,32). The molecule has 2 heterocycles. The van der Waals surface area contributed by atoms with Crippen molar-refractivity contribution in [2.45, 2.75) is 32.1 Å². The summed E-state index contributed by atoms with van der Waals surface area (Å²) in [6.07, 6.45) is 1.96. The highest BCUT2D eigenvalue weighted by Crippen LogP contribution is 2.32. The fourth-order valence-corrected chi connectivity index (χ4v) is 4.41. The minimum Gasteiger partial charge on any atom is -0.497 e. The van der Waals surface area contributed by atoms with Gasteiger partial charge in [-0.15, -0.1) is 10.2 Å². The molecule has 2 aromatic carbocycles. The van der Waals surface area contributed by atoms with Gasteiger partial charge in [-0.2, -0.15) is 5.10 Å². The van der Waals surface area contributed by atoms with Crippen molar-refractivity contribution >= 4 is 17.7 Å². The highest BCUT2D eigenvalue weighted by Gasteiger charge is 2.20. The van der Waals surface area contributed by atoms with E-state index in [-0.39, 0.29) is 11.7 Å². The topological polar surface area (TPSA) is 86.9 Å². The quantitative estimate of drug-likeness (QED) is 0.366. The van der Waals surface area contributed by atoms with E-state index in [2.05, 4.69) is 51.8 Å². The van der Waals surface area contributed by atoms with E-state index >= 15 is 0 Å². The highest BCUT2D eigenvalue weighted by atomic mass is 32.2. The second-order valence-corrected chi connectivity index (χ2v) is 8.84. The second kappa shape index (κ2) is 10.6. The number of ether oxygens (including phenoxy) is 1. The van der Waals surface area contributed by atoms with Gasteiger partial charge < -0.3 is 14.6 Å². The number of nitrogens with one attached hydrogen (secondary N) is 1. The van der Waals surface area contributed by atoms with Crippen LogP contribution in [0.5, 0.6) is 5.75 Å². The largest absolute Gasteiger partial charge is 0.497 e. The van der Waals surface area contributed by atoms with Crippen LogP contribution in [0.15, 0.2) is 59.9 Å². The van der Waals surface area contributed by atoms with Crippen LogP contribution in [-0.2, 0) is 24.9 Å². The van der Waals surface area contributed by atoms with Gasteiger partial charge >= 0.3 is 0 Å². The first-order valence-corrected chi connectivity index (χ1v) is 12.0. The van der Waals surface area contributed by atoms with Gasteiger partial charge in [-0.25, -0.2) is 0 Å². The fourth-order valence-electron chi connectivity index (χ4n) is 3.58. The molecule has 0 unspecified atom stereocenters. The summed E-state index contributed by atoms with van der Waals surface area (Å²) in [7, 11) is 3.53. The Labute approximate surface area is 203 Å². The normalized spacial score (nSPS) is 10.9. The van der Waals surface area contributed by atoms with Crippen LogP contribution in [-0.4, -0.2) is 43.3 Å². The van der Waals surface area contributed by atoms with Gasteiger partial charge in [0, 0.05) is 31.9 Å². The summed E-state index contributed by atoms with van der Waals surface area (Å²) in [5, 5.41) is 17.2. The van der Waals surface area contributed by atoms with Crippen molar-refractivity contribution in [2.75, 3.05) is 12.9 Å². The first-order valence-electron chi connectivity index (χ1n) is 11.0. The fraction of sp³-hybridized carbons (Fsp3) is 0.280. The molecule has 0 aliphatic heterocycles. The van der Waals surface area contributed by atoms with Crippen LogP contribution < -0.4 is 10.1 Å². The number of rotatable bonds is 9. The predicted octanol–water partition coefficient (Wildman–Crippen LogP) is 4.09. The third-order valence-electron chi connectivity index (χ3n) is 5.41. The zero-order valence-corrected chi connectivity index (χ0v) is 20.6. The van der Waals surface area contributed by atoms with E-state index < -0.39 is 0 Å². The summed E-state index contributed by atoms with van der Waals surface area (Å²) in [4.78, 5) is 12.4. The molecule has 0 spiro atoms. The molecule has 176 valence electrons. The molecular weight excluding hydrogens is 448 g/mol. The molecule has 0 bridgehead atoms. The average Bonchev–Trinajstić information content (AvgIpc) is 3.44. The SMILES string of the molecule is CCn1c(SCC(=O)NCc2ccc(OC)cc2)nnc1-c1cn(C)nc1-c1ccc(C)cc1. The number of aryl methyl sites for hydroxylation is 2. The Morgan fingerprint density at radius 2 is 1.82 bits per heavy atom. The van der Waals surface area contributed by atoms with E-state index in [0.29, 0.717) is 18.2 Å². The Kier molecular flexibility index (Phi) is 7.32. The molecule has 4 rings (SSSR count). The van der Waals surface area contributed by atoms with Gasteiger partial charge in [0.15, 0.2) is 11.0 Å². The Morgan fingerprint density at radius 3 is 2.50 bits per heavy atom. The number of amides is 1. The maximum Gasteiger partial charge on any atom is 0.230 e. The molecule has 1 N–H and O–H groups in total. The van der Waals surface area contributed by atoms with Crippen LogP contribution >= 0.6 is 11.8 Å². The van der Waals surface area contributed by atoms with Crippen molar-refractivity contribution in [1.82, 2.24) is 29.9 Å². The molecule has 8 nitrogen and oxygen atoms in total. The van der Waals surface area contributed by atoms with Gasteiger partial charge in [0.25, 0.3) is 0 Å².